The molecule has 2 unspecified atom stereocenters. The van der Waals surface area contributed by atoms with Crippen LogP contribution in [0.25, 0.3) is 5.65 Å². The summed E-state index contributed by atoms with van der Waals surface area (Å²) in [5, 5.41) is 14.6. The average Bonchev–Trinajstić information content (AvgIpc) is 3.24. The predicted octanol–water partition coefficient (Wildman–Crippen LogP) is 4.12. The van der Waals surface area contributed by atoms with E-state index < -0.39 is 6.04 Å². The molecule has 2 heterocycles. The molecule has 0 saturated heterocycles. The number of hydrogen-bond acceptors (Lipinski definition) is 4. The SMILES string of the molecule is CC(NC(=O)CC(NC(=O)c1ccccc1Cl)c1ccccc1)c1nnc2ccccn12. The Bertz CT molecular complexity index is 1240. The summed E-state index contributed by atoms with van der Waals surface area (Å²) in [6, 6.07) is 20.9. The molecule has 2 N–H and O–H groups in total. The van der Waals surface area contributed by atoms with Gasteiger partial charge in [-0.15, -0.1) is 10.2 Å². The lowest BCUT2D eigenvalue weighted by molar-refractivity contribution is -0.122. The van der Waals surface area contributed by atoms with Crippen molar-refractivity contribution in [2.45, 2.75) is 25.4 Å². The van der Waals surface area contributed by atoms with E-state index in [-0.39, 0.29) is 24.3 Å². The highest BCUT2D eigenvalue weighted by Gasteiger charge is 2.22. The van der Waals surface area contributed by atoms with Crippen LogP contribution in [0.1, 0.15) is 47.2 Å². The van der Waals surface area contributed by atoms with E-state index in [4.69, 9.17) is 11.6 Å². The summed E-state index contributed by atoms with van der Waals surface area (Å²) >= 11 is 6.17. The molecule has 32 heavy (non-hydrogen) atoms. The van der Waals surface area contributed by atoms with Crippen LogP contribution in [0, 0.1) is 0 Å². The first-order chi connectivity index (χ1) is 15.5. The number of aromatic nitrogens is 3. The zero-order chi connectivity index (χ0) is 22.5. The van der Waals surface area contributed by atoms with E-state index in [1.54, 1.807) is 24.3 Å². The predicted molar refractivity (Wildman–Crippen MR) is 122 cm³/mol. The first-order valence-corrected chi connectivity index (χ1v) is 10.6. The Kier molecular flexibility index (Phi) is 6.47. The van der Waals surface area contributed by atoms with Gasteiger partial charge in [0.25, 0.3) is 5.91 Å². The number of hydrogen-bond donors (Lipinski definition) is 2. The number of carbonyl (C=O) groups is 2. The number of amides is 2. The number of benzene rings is 2. The molecule has 8 heteroatoms. The zero-order valence-electron chi connectivity index (χ0n) is 17.4. The molecule has 2 atom stereocenters. The minimum Gasteiger partial charge on any atom is -0.346 e. The van der Waals surface area contributed by atoms with E-state index in [1.165, 1.54) is 0 Å². The molecule has 4 rings (SSSR count). The fourth-order valence-corrected chi connectivity index (χ4v) is 3.75. The molecule has 2 aromatic carbocycles. The quantitative estimate of drug-likeness (QED) is 0.446. The van der Waals surface area contributed by atoms with Crippen LogP contribution in [0.15, 0.2) is 79.0 Å². The third-order valence-electron chi connectivity index (χ3n) is 5.12. The molecule has 0 radical (unpaired) electrons. The first-order valence-electron chi connectivity index (χ1n) is 10.2. The van der Waals surface area contributed by atoms with E-state index in [2.05, 4.69) is 20.8 Å². The minimum atomic E-state index is -0.526. The number of fused-ring (bicyclic) bond motifs is 1. The zero-order valence-corrected chi connectivity index (χ0v) is 18.2. The summed E-state index contributed by atoms with van der Waals surface area (Å²) in [6.45, 7) is 1.85. The molecule has 0 aliphatic heterocycles. The third kappa shape index (κ3) is 4.78. The third-order valence-corrected chi connectivity index (χ3v) is 5.45. The Hall–Kier alpha value is -3.71. The lowest BCUT2D eigenvalue weighted by Gasteiger charge is -2.21. The van der Waals surface area contributed by atoms with Gasteiger partial charge in [0.05, 0.1) is 29.1 Å². The fraction of sp³-hybridized carbons (Fsp3) is 0.167. The van der Waals surface area contributed by atoms with E-state index in [9.17, 15) is 9.59 Å². The number of rotatable bonds is 7. The highest BCUT2D eigenvalue weighted by Crippen LogP contribution is 2.21. The summed E-state index contributed by atoms with van der Waals surface area (Å²) in [5.74, 6) is 0.0672. The topological polar surface area (TPSA) is 88.4 Å². The van der Waals surface area contributed by atoms with Crippen LogP contribution in [0.3, 0.4) is 0 Å². The van der Waals surface area contributed by atoms with Gasteiger partial charge in [-0.3, -0.25) is 14.0 Å². The van der Waals surface area contributed by atoms with Crippen molar-refractivity contribution in [3.05, 3.63) is 101 Å². The van der Waals surface area contributed by atoms with Crippen molar-refractivity contribution in [1.82, 2.24) is 25.2 Å². The van der Waals surface area contributed by atoms with Crippen LogP contribution in [-0.2, 0) is 4.79 Å². The van der Waals surface area contributed by atoms with Gasteiger partial charge < -0.3 is 10.6 Å². The molecule has 7 nitrogen and oxygen atoms in total. The second kappa shape index (κ2) is 9.62. The highest BCUT2D eigenvalue weighted by atomic mass is 35.5. The van der Waals surface area contributed by atoms with Gasteiger partial charge in [-0.2, -0.15) is 0 Å². The molecule has 0 saturated carbocycles. The maximum absolute atomic E-state index is 12.9. The van der Waals surface area contributed by atoms with Crippen molar-refractivity contribution >= 4 is 29.1 Å². The lowest BCUT2D eigenvalue weighted by Crippen LogP contribution is -2.35. The molecule has 0 bridgehead atoms. The molecule has 0 aliphatic carbocycles. The Morgan fingerprint density at radius 2 is 1.66 bits per heavy atom. The Balaban J connectivity index is 1.50. The second-order valence-corrected chi connectivity index (χ2v) is 7.80. The lowest BCUT2D eigenvalue weighted by atomic mass is 10.0. The molecule has 4 aromatic rings. The van der Waals surface area contributed by atoms with Crippen LogP contribution in [0.5, 0.6) is 0 Å². The Morgan fingerprint density at radius 3 is 2.44 bits per heavy atom. The molecular weight excluding hydrogens is 426 g/mol. The standard InChI is InChI=1S/C24H22ClN5O2/c1-16(23-29-28-21-13-7-8-14-30(21)23)26-22(31)15-20(17-9-3-2-4-10-17)27-24(32)18-11-5-6-12-19(18)25/h2-14,16,20H,15H2,1H3,(H,26,31)(H,27,32). The highest BCUT2D eigenvalue weighted by molar-refractivity contribution is 6.33. The van der Waals surface area contributed by atoms with Crippen LogP contribution in [0.4, 0.5) is 0 Å². The summed E-state index contributed by atoms with van der Waals surface area (Å²) in [4.78, 5) is 25.7. The van der Waals surface area contributed by atoms with Gasteiger partial charge in [0, 0.05) is 6.20 Å². The Morgan fingerprint density at radius 1 is 0.938 bits per heavy atom. The summed E-state index contributed by atoms with van der Waals surface area (Å²) < 4.78 is 1.83. The molecule has 0 aliphatic rings. The summed E-state index contributed by atoms with van der Waals surface area (Å²) in [6.07, 6.45) is 1.91. The largest absolute Gasteiger partial charge is 0.346 e. The van der Waals surface area contributed by atoms with Crippen LogP contribution < -0.4 is 10.6 Å². The minimum absolute atomic E-state index is 0.0568. The molecular formula is C24H22ClN5O2. The van der Waals surface area contributed by atoms with E-state index >= 15 is 0 Å². The fourth-order valence-electron chi connectivity index (χ4n) is 3.52. The van der Waals surface area contributed by atoms with Crippen LogP contribution in [-0.4, -0.2) is 26.4 Å². The average molecular weight is 448 g/mol. The maximum Gasteiger partial charge on any atom is 0.253 e. The van der Waals surface area contributed by atoms with Crippen molar-refractivity contribution in [3.8, 4) is 0 Å². The molecule has 162 valence electrons. The van der Waals surface area contributed by atoms with Crippen molar-refractivity contribution in [3.63, 3.8) is 0 Å². The van der Waals surface area contributed by atoms with E-state index in [1.807, 2.05) is 66.1 Å². The van der Waals surface area contributed by atoms with Crippen molar-refractivity contribution in [2.75, 3.05) is 0 Å². The van der Waals surface area contributed by atoms with Crippen molar-refractivity contribution in [1.29, 1.82) is 0 Å². The van der Waals surface area contributed by atoms with Crippen molar-refractivity contribution < 1.29 is 9.59 Å². The molecule has 0 fully saturated rings. The van der Waals surface area contributed by atoms with Crippen molar-refractivity contribution in [2.24, 2.45) is 0 Å². The molecule has 2 aromatic heterocycles. The van der Waals surface area contributed by atoms with Gasteiger partial charge in [-0.25, -0.2) is 0 Å². The van der Waals surface area contributed by atoms with Gasteiger partial charge in [0.1, 0.15) is 0 Å². The van der Waals surface area contributed by atoms with Gasteiger partial charge in [-0.05, 0) is 36.8 Å². The van der Waals surface area contributed by atoms with Gasteiger partial charge in [-0.1, -0.05) is 60.1 Å². The summed E-state index contributed by atoms with van der Waals surface area (Å²) in [5.41, 5.74) is 1.89. The number of carbonyl (C=O) groups excluding carboxylic acids is 2. The maximum atomic E-state index is 12.9. The number of halogens is 1. The molecule has 2 amide bonds. The van der Waals surface area contributed by atoms with Crippen LogP contribution in [0.2, 0.25) is 5.02 Å². The Labute approximate surface area is 190 Å². The monoisotopic (exact) mass is 447 g/mol. The molecule has 0 spiro atoms. The summed E-state index contributed by atoms with van der Waals surface area (Å²) in [7, 11) is 0. The van der Waals surface area contributed by atoms with E-state index in [0.717, 1.165) is 5.56 Å². The van der Waals surface area contributed by atoms with Gasteiger partial charge in [0.2, 0.25) is 5.91 Å². The second-order valence-electron chi connectivity index (χ2n) is 7.40. The van der Waals surface area contributed by atoms with Crippen LogP contribution >= 0.6 is 11.6 Å². The van der Waals surface area contributed by atoms with E-state index in [0.29, 0.717) is 22.1 Å². The van der Waals surface area contributed by atoms with Gasteiger partial charge >= 0.3 is 0 Å². The number of nitrogens with one attached hydrogen (secondary N) is 2. The number of nitrogens with zero attached hydrogens (tertiary/aromatic N) is 3. The number of pyridine rings is 1. The smallest absolute Gasteiger partial charge is 0.253 e. The first kappa shape index (κ1) is 21.5. The normalized spacial score (nSPS) is 12.8. The van der Waals surface area contributed by atoms with Gasteiger partial charge in [0.15, 0.2) is 11.5 Å².